The Balaban J connectivity index is 1.87. The molecule has 1 aromatic heterocycles. The van der Waals surface area contributed by atoms with Gasteiger partial charge in [-0.25, -0.2) is 9.37 Å². The molecular formula is C17H23FN4. The summed E-state index contributed by atoms with van der Waals surface area (Å²) in [5.74, 6) is 1.27. The van der Waals surface area contributed by atoms with Crippen LogP contribution in [-0.4, -0.2) is 23.1 Å². The number of unbranched alkanes of at least 4 members (excludes halogenated alkanes) is 1. The number of nitrogens with one attached hydrogen (secondary N) is 2. The van der Waals surface area contributed by atoms with Crippen molar-refractivity contribution in [3.05, 3.63) is 47.4 Å². The van der Waals surface area contributed by atoms with E-state index in [2.05, 4.69) is 27.5 Å². The predicted octanol–water partition coefficient (Wildman–Crippen LogP) is 3.79. The van der Waals surface area contributed by atoms with E-state index in [0.717, 1.165) is 42.9 Å². The Kier molecular flexibility index (Phi) is 6.13. The number of halogens is 1. The van der Waals surface area contributed by atoms with Crippen LogP contribution in [0.5, 0.6) is 0 Å². The smallest absolute Gasteiger partial charge is 0.224 e. The average Bonchev–Trinajstić information content (AvgIpc) is 2.49. The molecule has 0 fully saturated rings. The van der Waals surface area contributed by atoms with Gasteiger partial charge in [-0.1, -0.05) is 25.5 Å². The predicted molar refractivity (Wildman–Crippen MR) is 88.8 cm³/mol. The molecule has 5 heteroatoms. The van der Waals surface area contributed by atoms with Crippen LogP contribution in [0.3, 0.4) is 0 Å². The Morgan fingerprint density at radius 2 is 1.82 bits per heavy atom. The highest BCUT2D eigenvalue weighted by molar-refractivity contribution is 5.42. The number of nitrogens with zero attached hydrogens (tertiary/aromatic N) is 2. The standard InChI is InChI=1S/C17H23FN4/c1-3-4-10-19-16-12-13(2)21-17(22-16)20-11-9-14-5-7-15(18)8-6-14/h5-8,12H,3-4,9-11H2,1-2H3,(H2,19,20,21,22). The fraction of sp³-hybridized carbons (Fsp3) is 0.412. The minimum atomic E-state index is -0.207. The number of rotatable bonds is 8. The highest BCUT2D eigenvalue weighted by Gasteiger charge is 2.02. The van der Waals surface area contributed by atoms with Gasteiger partial charge < -0.3 is 10.6 Å². The van der Waals surface area contributed by atoms with E-state index in [4.69, 9.17) is 0 Å². The van der Waals surface area contributed by atoms with Crippen LogP contribution in [0, 0.1) is 12.7 Å². The summed E-state index contributed by atoms with van der Waals surface area (Å²) in [6.45, 7) is 5.75. The first-order valence-electron chi connectivity index (χ1n) is 7.75. The molecule has 0 saturated heterocycles. The monoisotopic (exact) mass is 302 g/mol. The molecule has 1 aromatic carbocycles. The van der Waals surface area contributed by atoms with E-state index in [1.54, 1.807) is 12.1 Å². The van der Waals surface area contributed by atoms with Crippen molar-refractivity contribution in [3.63, 3.8) is 0 Å². The zero-order chi connectivity index (χ0) is 15.8. The second-order valence-corrected chi connectivity index (χ2v) is 5.30. The minimum Gasteiger partial charge on any atom is -0.370 e. The number of anilines is 2. The van der Waals surface area contributed by atoms with Gasteiger partial charge in [0.1, 0.15) is 11.6 Å². The molecule has 0 aliphatic carbocycles. The van der Waals surface area contributed by atoms with E-state index < -0.39 is 0 Å². The molecule has 0 unspecified atom stereocenters. The lowest BCUT2D eigenvalue weighted by Gasteiger charge is -2.09. The van der Waals surface area contributed by atoms with E-state index in [9.17, 15) is 4.39 Å². The molecule has 118 valence electrons. The first-order chi connectivity index (χ1) is 10.7. The van der Waals surface area contributed by atoms with Gasteiger partial charge >= 0.3 is 0 Å². The van der Waals surface area contributed by atoms with Gasteiger partial charge in [-0.05, 0) is 37.5 Å². The Morgan fingerprint density at radius 1 is 1.05 bits per heavy atom. The van der Waals surface area contributed by atoms with Crippen LogP contribution < -0.4 is 10.6 Å². The normalized spacial score (nSPS) is 10.5. The lowest BCUT2D eigenvalue weighted by Crippen LogP contribution is -2.11. The molecule has 0 amide bonds. The molecule has 2 N–H and O–H groups in total. The van der Waals surface area contributed by atoms with Gasteiger partial charge in [-0.2, -0.15) is 4.98 Å². The maximum Gasteiger partial charge on any atom is 0.224 e. The van der Waals surface area contributed by atoms with Gasteiger partial charge in [-0.3, -0.25) is 0 Å². The van der Waals surface area contributed by atoms with Crippen LogP contribution >= 0.6 is 0 Å². The Bertz CT molecular complexity index is 584. The molecule has 0 aliphatic heterocycles. The number of benzene rings is 1. The quantitative estimate of drug-likeness (QED) is 0.728. The van der Waals surface area contributed by atoms with E-state index in [1.165, 1.54) is 12.1 Å². The summed E-state index contributed by atoms with van der Waals surface area (Å²) in [6.07, 6.45) is 3.08. The van der Waals surface area contributed by atoms with Crippen molar-refractivity contribution >= 4 is 11.8 Å². The van der Waals surface area contributed by atoms with Gasteiger partial charge in [0, 0.05) is 24.8 Å². The van der Waals surface area contributed by atoms with E-state index in [1.807, 2.05) is 13.0 Å². The number of hydrogen-bond donors (Lipinski definition) is 2. The summed E-state index contributed by atoms with van der Waals surface area (Å²) < 4.78 is 12.8. The van der Waals surface area contributed by atoms with E-state index in [0.29, 0.717) is 12.5 Å². The van der Waals surface area contributed by atoms with Crippen LogP contribution in [0.15, 0.2) is 30.3 Å². The number of aryl methyl sites for hydroxylation is 1. The van der Waals surface area contributed by atoms with E-state index in [-0.39, 0.29) is 5.82 Å². The summed E-state index contributed by atoms with van der Waals surface area (Å²) in [7, 11) is 0. The van der Waals surface area contributed by atoms with Gasteiger partial charge in [0.05, 0.1) is 0 Å². The Labute approximate surface area is 131 Å². The molecule has 2 rings (SSSR count). The maximum absolute atomic E-state index is 12.8. The van der Waals surface area contributed by atoms with Crippen LogP contribution in [0.25, 0.3) is 0 Å². The fourth-order valence-corrected chi connectivity index (χ4v) is 2.10. The Hall–Kier alpha value is -2.17. The maximum atomic E-state index is 12.8. The summed E-state index contributed by atoms with van der Waals surface area (Å²) in [5.41, 5.74) is 2.01. The summed E-state index contributed by atoms with van der Waals surface area (Å²) >= 11 is 0. The van der Waals surface area contributed by atoms with Gasteiger partial charge in [0.15, 0.2) is 0 Å². The summed E-state index contributed by atoms with van der Waals surface area (Å²) in [6, 6.07) is 8.50. The van der Waals surface area contributed by atoms with Crippen molar-refractivity contribution in [2.75, 3.05) is 23.7 Å². The van der Waals surface area contributed by atoms with Crippen molar-refractivity contribution in [2.24, 2.45) is 0 Å². The molecule has 2 aromatic rings. The third kappa shape index (κ3) is 5.31. The minimum absolute atomic E-state index is 0.207. The van der Waals surface area contributed by atoms with Crippen molar-refractivity contribution in [1.82, 2.24) is 9.97 Å². The molecule has 0 aliphatic rings. The average molecular weight is 302 g/mol. The molecule has 0 radical (unpaired) electrons. The molecular weight excluding hydrogens is 279 g/mol. The number of aromatic nitrogens is 2. The lowest BCUT2D eigenvalue weighted by atomic mass is 10.1. The van der Waals surface area contributed by atoms with Crippen molar-refractivity contribution in [1.29, 1.82) is 0 Å². The molecule has 0 saturated carbocycles. The zero-order valence-electron chi connectivity index (χ0n) is 13.2. The Morgan fingerprint density at radius 3 is 2.55 bits per heavy atom. The topological polar surface area (TPSA) is 49.8 Å². The summed E-state index contributed by atoms with van der Waals surface area (Å²) in [4.78, 5) is 8.84. The summed E-state index contributed by atoms with van der Waals surface area (Å²) in [5, 5.41) is 6.53. The highest BCUT2D eigenvalue weighted by Crippen LogP contribution is 2.10. The fourth-order valence-electron chi connectivity index (χ4n) is 2.10. The van der Waals surface area contributed by atoms with Crippen molar-refractivity contribution in [2.45, 2.75) is 33.1 Å². The second-order valence-electron chi connectivity index (χ2n) is 5.30. The van der Waals surface area contributed by atoms with Crippen LogP contribution in [0.1, 0.15) is 31.0 Å². The molecule has 1 heterocycles. The van der Waals surface area contributed by atoms with E-state index >= 15 is 0 Å². The first-order valence-corrected chi connectivity index (χ1v) is 7.75. The lowest BCUT2D eigenvalue weighted by molar-refractivity contribution is 0.627. The molecule has 22 heavy (non-hydrogen) atoms. The largest absolute Gasteiger partial charge is 0.370 e. The zero-order valence-corrected chi connectivity index (χ0v) is 13.2. The number of hydrogen-bond acceptors (Lipinski definition) is 4. The van der Waals surface area contributed by atoms with Gasteiger partial charge in [0.2, 0.25) is 5.95 Å². The van der Waals surface area contributed by atoms with Gasteiger partial charge in [0.25, 0.3) is 0 Å². The molecule has 0 atom stereocenters. The van der Waals surface area contributed by atoms with Crippen LogP contribution in [0.4, 0.5) is 16.2 Å². The molecule has 0 spiro atoms. The van der Waals surface area contributed by atoms with Crippen LogP contribution in [-0.2, 0) is 6.42 Å². The SMILES string of the molecule is CCCCNc1cc(C)nc(NCCc2ccc(F)cc2)n1. The first kappa shape index (κ1) is 16.2. The molecule has 0 bridgehead atoms. The third-order valence-electron chi connectivity index (χ3n) is 3.30. The second kappa shape index (κ2) is 8.32. The molecule has 4 nitrogen and oxygen atoms in total. The van der Waals surface area contributed by atoms with Crippen LogP contribution in [0.2, 0.25) is 0 Å². The van der Waals surface area contributed by atoms with Crippen molar-refractivity contribution in [3.8, 4) is 0 Å². The van der Waals surface area contributed by atoms with Gasteiger partial charge in [-0.15, -0.1) is 0 Å². The van der Waals surface area contributed by atoms with Crippen molar-refractivity contribution < 1.29 is 4.39 Å². The highest BCUT2D eigenvalue weighted by atomic mass is 19.1. The third-order valence-corrected chi connectivity index (χ3v) is 3.30.